The third-order valence-corrected chi connectivity index (χ3v) is 2.17. The van der Waals surface area contributed by atoms with Gasteiger partial charge in [0.1, 0.15) is 0 Å². The summed E-state index contributed by atoms with van der Waals surface area (Å²) in [6, 6.07) is -0.484. The van der Waals surface area contributed by atoms with Crippen molar-refractivity contribution in [2.75, 3.05) is 26.2 Å². The molecule has 1 aliphatic rings. The minimum absolute atomic E-state index is 0.130. The van der Waals surface area contributed by atoms with Crippen LogP contribution in [0.1, 0.15) is 0 Å². The van der Waals surface area contributed by atoms with E-state index in [1.54, 1.807) is 0 Å². The number of nitrogens with zero attached hydrogens (tertiary/aromatic N) is 2. The Hall–Kier alpha value is -1.50. The lowest BCUT2D eigenvalue weighted by Gasteiger charge is -2.15. The number of carbonyl (C=O) groups is 3. The summed E-state index contributed by atoms with van der Waals surface area (Å²) in [5.74, 6) is 0. The summed E-state index contributed by atoms with van der Waals surface area (Å²) in [6.45, 7) is 0.976. The highest BCUT2D eigenvalue weighted by Crippen LogP contribution is 2.10. The molecule has 0 unspecified atom stereocenters. The first-order valence-electron chi connectivity index (χ1n) is 4.25. The Morgan fingerprint density at radius 1 is 1.47 bits per heavy atom. The van der Waals surface area contributed by atoms with Crippen LogP contribution in [0.2, 0.25) is 0 Å². The molecule has 1 rings (SSSR count). The van der Waals surface area contributed by atoms with Gasteiger partial charge in [-0.1, -0.05) is 0 Å². The molecule has 0 aromatic carbocycles. The van der Waals surface area contributed by atoms with Crippen molar-refractivity contribution in [2.24, 2.45) is 0 Å². The van der Waals surface area contributed by atoms with Crippen molar-refractivity contribution in [3.8, 4) is 0 Å². The van der Waals surface area contributed by atoms with Gasteiger partial charge in [-0.25, -0.2) is 14.5 Å². The van der Waals surface area contributed by atoms with E-state index in [-0.39, 0.29) is 19.6 Å². The van der Waals surface area contributed by atoms with Gasteiger partial charge in [0, 0.05) is 26.2 Å². The maximum Gasteiger partial charge on any atom is 0.404 e. The van der Waals surface area contributed by atoms with Gasteiger partial charge in [0.2, 0.25) is 0 Å². The molecule has 7 nitrogen and oxygen atoms in total. The van der Waals surface area contributed by atoms with E-state index in [4.69, 9.17) is 16.7 Å². The van der Waals surface area contributed by atoms with Crippen LogP contribution in [0, 0.1) is 0 Å². The molecule has 0 aromatic rings. The molecule has 0 atom stereocenters. The smallest absolute Gasteiger partial charge is 0.404 e. The number of imide groups is 1. The number of halogens is 1. The number of carboxylic acid groups (broad SMARTS) is 1. The van der Waals surface area contributed by atoms with Gasteiger partial charge in [-0.2, -0.15) is 0 Å². The standard InChI is InChI=1S/C7H10ClN3O4/c8-5(12)11-4-3-10(7(11)15)2-1-9-6(13)14/h9H,1-4H2,(H,13,14). The van der Waals surface area contributed by atoms with E-state index >= 15 is 0 Å². The number of carbonyl (C=O) groups excluding carboxylic acids is 2. The molecule has 0 saturated carbocycles. The predicted molar refractivity (Wildman–Crippen MR) is 51.0 cm³/mol. The molecule has 2 N–H and O–H groups in total. The van der Waals surface area contributed by atoms with Crippen LogP contribution < -0.4 is 5.32 Å². The zero-order valence-corrected chi connectivity index (χ0v) is 8.53. The monoisotopic (exact) mass is 235 g/mol. The van der Waals surface area contributed by atoms with Crippen molar-refractivity contribution in [1.82, 2.24) is 15.1 Å². The molecular formula is C7H10ClN3O4. The molecule has 0 radical (unpaired) electrons. The van der Waals surface area contributed by atoms with Crippen molar-refractivity contribution in [1.29, 1.82) is 0 Å². The lowest BCUT2D eigenvalue weighted by atomic mass is 10.5. The zero-order chi connectivity index (χ0) is 11.4. The van der Waals surface area contributed by atoms with Crippen LogP contribution in [0.25, 0.3) is 0 Å². The second-order valence-electron chi connectivity index (χ2n) is 2.91. The highest BCUT2D eigenvalue weighted by Gasteiger charge is 2.31. The Morgan fingerprint density at radius 3 is 2.60 bits per heavy atom. The summed E-state index contributed by atoms with van der Waals surface area (Å²) in [5, 5.41) is 9.61. The first kappa shape index (κ1) is 11.6. The third kappa shape index (κ3) is 2.98. The molecule has 8 heteroatoms. The Kier molecular flexibility index (Phi) is 3.73. The molecule has 1 heterocycles. The SMILES string of the molecule is O=C(O)NCCN1CCN(C(=O)Cl)C1=O. The van der Waals surface area contributed by atoms with E-state index in [1.807, 2.05) is 0 Å². The molecule has 1 aliphatic heterocycles. The van der Waals surface area contributed by atoms with Gasteiger partial charge < -0.3 is 15.3 Å². The van der Waals surface area contributed by atoms with Crippen molar-refractivity contribution in [2.45, 2.75) is 0 Å². The summed E-state index contributed by atoms with van der Waals surface area (Å²) < 4.78 is 0. The molecule has 0 spiro atoms. The number of hydrogen-bond acceptors (Lipinski definition) is 3. The zero-order valence-electron chi connectivity index (χ0n) is 7.77. The number of rotatable bonds is 3. The van der Waals surface area contributed by atoms with Crippen LogP contribution in [-0.4, -0.2) is 58.6 Å². The van der Waals surface area contributed by atoms with Crippen LogP contribution in [0.15, 0.2) is 0 Å². The summed E-state index contributed by atoms with van der Waals surface area (Å²) >= 11 is 5.16. The quantitative estimate of drug-likeness (QED) is 0.546. The third-order valence-electron chi connectivity index (χ3n) is 1.97. The van der Waals surface area contributed by atoms with Gasteiger partial charge in [-0.15, -0.1) is 0 Å². The molecule has 15 heavy (non-hydrogen) atoms. The number of urea groups is 1. The second-order valence-corrected chi connectivity index (χ2v) is 3.23. The average Bonchev–Trinajstić information content (AvgIpc) is 2.47. The van der Waals surface area contributed by atoms with Gasteiger partial charge >= 0.3 is 17.5 Å². The van der Waals surface area contributed by atoms with Crippen LogP contribution in [0.4, 0.5) is 14.4 Å². The maximum absolute atomic E-state index is 11.4. The van der Waals surface area contributed by atoms with E-state index in [0.29, 0.717) is 6.54 Å². The fourth-order valence-electron chi connectivity index (χ4n) is 1.25. The minimum Gasteiger partial charge on any atom is -0.465 e. The molecule has 0 aliphatic carbocycles. The number of hydrogen-bond donors (Lipinski definition) is 2. The Balaban J connectivity index is 2.36. The predicted octanol–water partition coefficient (Wildman–Crippen LogP) is 0.350. The Morgan fingerprint density at radius 2 is 2.13 bits per heavy atom. The second kappa shape index (κ2) is 4.83. The molecule has 1 fully saturated rings. The van der Waals surface area contributed by atoms with Crippen LogP contribution in [0.5, 0.6) is 0 Å². The minimum atomic E-state index is -1.15. The van der Waals surface area contributed by atoms with Gasteiger partial charge in [-0.3, -0.25) is 4.79 Å². The lowest BCUT2D eigenvalue weighted by Crippen LogP contribution is -2.38. The fraction of sp³-hybridized carbons (Fsp3) is 0.571. The van der Waals surface area contributed by atoms with Crippen molar-refractivity contribution in [3.63, 3.8) is 0 Å². The van der Waals surface area contributed by atoms with Crippen LogP contribution >= 0.6 is 11.6 Å². The van der Waals surface area contributed by atoms with Gasteiger partial charge in [0.05, 0.1) is 0 Å². The Labute approximate surface area is 90.6 Å². The Bertz CT molecular complexity index is 296. The lowest BCUT2D eigenvalue weighted by molar-refractivity contribution is 0.186. The summed E-state index contributed by atoms with van der Waals surface area (Å²) in [5.41, 5.74) is 0. The van der Waals surface area contributed by atoms with Gasteiger partial charge in [-0.05, 0) is 11.6 Å². The first-order chi connectivity index (χ1) is 7.02. The van der Waals surface area contributed by atoms with E-state index in [9.17, 15) is 14.4 Å². The molecule has 1 saturated heterocycles. The van der Waals surface area contributed by atoms with E-state index in [1.165, 1.54) is 4.90 Å². The molecular weight excluding hydrogens is 226 g/mol. The molecule has 84 valence electrons. The van der Waals surface area contributed by atoms with Gasteiger partial charge in [0.25, 0.3) is 0 Å². The molecule has 0 aromatic heterocycles. The number of nitrogens with one attached hydrogen (secondary N) is 1. The topological polar surface area (TPSA) is 89.9 Å². The summed E-state index contributed by atoms with van der Waals surface area (Å²) in [7, 11) is 0. The van der Waals surface area contributed by atoms with Crippen LogP contribution in [0.3, 0.4) is 0 Å². The van der Waals surface area contributed by atoms with E-state index in [2.05, 4.69) is 5.32 Å². The van der Waals surface area contributed by atoms with Crippen LogP contribution in [-0.2, 0) is 0 Å². The highest BCUT2D eigenvalue weighted by atomic mass is 35.5. The van der Waals surface area contributed by atoms with Gasteiger partial charge in [0.15, 0.2) is 0 Å². The van der Waals surface area contributed by atoms with E-state index in [0.717, 1.165) is 4.90 Å². The fourth-order valence-corrected chi connectivity index (χ4v) is 1.41. The molecule has 0 bridgehead atoms. The summed E-state index contributed by atoms with van der Waals surface area (Å²) in [6.07, 6.45) is -1.15. The maximum atomic E-state index is 11.4. The average molecular weight is 236 g/mol. The normalized spacial score (nSPS) is 15.7. The van der Waals surface area contributed by atoms with Crippen molar-refractivity contribution in [3.05, 3.63) is 0 Å². The summed E-state index contributed by atoms with van der Waals surface area (Å²) in [4.78, 5) is 34.5. The van der Waals surface area contributed by atoms with Crippen molar-refractivity contribution >= 4 is 29.1 Å². The largest absolute Gasteiger partial charge is 0.465 e. The van der Waals surface area contributed by atoms with E-state index < -0.39 is 17.5 Å². The highest BCUT2D eigenvalue weighted by molar-refractivity contribution is 6.64. The molecule has 4 amide bonds. The van der Waals surface area contributed by atoms with Crippen molar-refractivity contribution < 1.29 is 19.5 Å². The number of amides is 4. The first-order valence-corrected chi connectivity index (χ1v) is 4.63.